The second-order valence-corrected chi connectivity index (χ2v) is 5.13. The van der Waals surface area contributed by atoms with E-state index in [0.29, 0.717) is 5.92 Å². The van der Waals surface area contributed by atoms with Crippen molar-refractivity contribution in [1.29, 1.82) is 0 Å². The van der Waals surface area contributed by atoms with Gasteiger partial charge in [-0.15, -0.1) is 11.3 Å². The molecule has 86 valence electrons. The van der Waals surface area contributed by atoms with Crippen LogP contribution in [0.1, 0.15) is 16.4 Å². The molecule has 3 aromatic rings. The fourth-order valence-electron chi connectivity index (χ4n) is 2.32. The van der Waals surface area contributed by atoms with Crippen molar-refractivity contribution in [2.24, 2.45) is 0 Å². The summed E-state index contributed by atoms with van der Waals surface area (Å²) in [5, 5.41) is 3.45. The molecule has 2 aromatic heterocycles. The monoisotopic (exact) mass is 243 g/mol. The summed E-state index contributed by atoms with van der Waals surface area (Å²) in [7, 11) is 0. The average Bonchev–Trinajstić information content (AvgIpc) is 3.01. The molecule has 0 saturated heterocycles. The normalized spacial score (nSPS) is 13.0. The molecule has 4 N–H and O–H groups in total. The Morgan fingerprint density at radius 2 is 2.06 bits per heavy atom. The topological polar surface area (TPSA) is 43.4 Å². The Hall–Kier alpha value is -1.58. The van der Waals surface area contributed by atoms with E-state index in [2.05, 4.69) is 58.7 Å². The van der Waals surface area contributed by atoms with Gasteiger partial charge in [-0.05, 0) is 23.1 Å². The lowest BCUT2D eigenvalue weighted by molar-refractivity contribution is -0.370. The number of rotatable bonds is 3. The Morgan fingerprint density at radius 1 is 1.18 bits per heavy atom. The minimum atomic E-state index is 0.408. The SMILES string of the molecule is [NH3+]C[C@H](c1cccs1)c1c[nH]c2ccccc12. The zero-order chi connectivity index (χ0) is 11.7. The van der Waals surface area contributed by atoms with E-state index < -0.39 is 0 Å². The van der Waals surface area contributed by atoms with Crippen LogP contribution in [0, 0.1) is 0 Å². The molecule has 2 heterocycles. The zero-order valence-corrected chi connectivity index (χ0v) is 10.3. The first-order valence-corrected chi connectivity index (χ1v) is 6.67. The minimum Gasteiger partial charge on any atom is -0.361 e. The van der Waals surface area contributed by atoms with E-state index in [1.807, 2.05) is 11.3 Å². The van der Waals surface area contributed by atoms with Gasteiger partial charge in [-0.2, -0.15) is 0 Å². The number of para-hydroxylation sites is 1. The van der Waals surface area contributed by atoms with Gasteiger partial charge in [0.2, 0.25) is 0 Å². The van der Waals surface area contributed by atoms with Crippen molar-refractivity contribution in [3.8, 4) is 0 Å². The van der Waals surface area contributed by atoms with Gasteiger partial charge in [0, 0.05) is 22.0 Å². The predicted octanol–water partition coefficient (Wildman–Crippen LogP) is 2.60. The predicted molar refractivity (Wildman–Crippen MR) is 72.2 cm³/mol. The number of quaternary nitrogens is 1. The Balaban J connectivity index is 2.13. The molecule has 0 aliphatic rings. The molecule has 0 radical (unpaired) electrons. The van der Waals surface area contributed by atoms with E-state index in [1.54, 1.807) is 0 Å². The second-order valence-electron chi connectivity index (χ2n) is 4.15. The Labute approximate surface area is 104 Å². The Bertz CT molecular complexity index is 610. The number of hydrogen-bond acceptors (Lipinski definition) is 1. The zero-order valence-electron chi connectivity index (χ0n) is 9.52. The number of H-pyrrole nitrogens is 1. The van der Waals surface area contributed by atoms with Crippen molar-refractivity contribution in [2.75, 3.05) is 6.54 Å². The molecule has 17 heavy (non-hydrogen) atoms. The van der Waals surface area contributed by atoms with Crippen LogP contribution >= 0.6 is 11.3 Å². The summed E-state index contributed by atoms with van der Waals surface area (Å²) >= 11 is 1.81. The summed E-state index contributed by atoms with van der Waals surface area (Å²) < 4.78 is 0. The molecule has 0 spiro atoms. The highest BCUT2D eigenvalue weighted by Gasteiger charge is 2.18. The first kappa shape index (κ1) is 10.6. The van der Waals surface area contributed by atoms with Crippen LogP contribution in [0.15, 0.2) is 48.0 Å². The average molecular weight is 243 g/mol. The van der Waals surface area contributed by atoms with E-state index in [-0.39, 0.29) is 0 Å². The lowest BCUT2D eigenvalue weighted by Gasteiger charge is -2.09. The van der Waals surface area contributed by atoms with E-state index in [1.165, 1.54) is 21.3 Å². The van der Waals surface area contributed by atoms with Crippen LogP contribution in [0.4, 0.5) is 0 Å². The lowest BCUT2D eigenvalue weighted by Crippen LogP contribution is -2.53. The number of hydrogen-bond donors (Lipinski definition) is 2. The van der Waals surface area contributed by atoms with Gasteiger partial charge in [-0.1, -0.05) is 24.3 Å². The molecule has 0 aliphatic heterocycles. The number of aromatic nitrogens is 1. The number of benzene rings is 1. The van der Waals surface area contributed by atoms with Crippen LogP contribution in [-0.2, 0) is 0 Å². The highest BCUT2D eigenvalue weighted by atomic mass is 32.1. The maximum Gasteiger partial charge on any atom is 0.0859 e. The van der Waals surface area contributed by atoms with Gasteiger partial charge < -0.3 is 10.7 Å². The van der Waals surface area contributed by atoms with Crippen LogP contribution in [0.5, 0.6) is 0 Å². The van der Waals surface area contributed by atoms with Gasteiger partial charge in [-0.25, -0.2) is 0 Å². The van der Waals surface area contributed by atoms with E-state index in [0.717, 1.165) is 6.54 Å². The second kappa shape index (κ2) is 4.35. The summed E-state index contributed by atoms with van der Waals surface area (Å²) in [6.45, 7) is 0.891. The van der Waals surface area contributed by atoms with Crippen molar-refractivity contribution in [3.05, 3.63) is 58.4 Å². The third-order valence-electron chi connectivity index (χ3n) is 3.17. The highest BCUT2D eigenvalue weighted by Crippen LogP contribution is 2.31. The fraction of sp³-hybridized carbons (Fsp3) is 0.143. The molecule has 0 bridgehead atoms. The van der Waals surface area contributed by atoms with Crippen molar-refractivity contribution < 1.29 is 5.73 Å². The minimum absolute atomic E-state index is 0.408. The number of nitrogens with one attached hydrogen (secondary N) is 1. The molecule has 0 aliphatic carbocycles. The standard InChI is InChI=1S/C14H14N2S/c15-8-11(14-6-3-7-17-14)12-9-16-13-5-2-1-4-10(12)13/h1-7,9,11,16H,8,15H2/p+1/t11-/m0/s1. The molecule has 1 atom stereocenters. The molecular formula is C14H15N2S+. The van der Waals surface area contributed by atoms with Crippen LogP contribution in [0.25, 0.3) is 10.9 Å². The fourth-order valence-corrected chi connectivity index (χ4v) is 3.20. The van der Waals surface area contributed by atoms with Gasteiger partial charge in [-0.3, -0.25) is 0 Å². The molecule has 0 amide bonds. The Morgan fingerprint density at radius 3 is 2.82 bits per heavy atom. The summed E-state index contributed by atoms with van der Waals surface area (Å²) in [5.41, 5.74) is 6.66. The molecule has 0 fully saturated rings. The van der Waals surface area contributed by atoms with Gasteiger partial charge in [0.05, 0.1) is 12.5 Å². The number of aromatic amines is 1. The van der Waals surface area contributed by atoms with Gasteiger partial charge in [0.15, 0.2) is 0 Å². The first-order chi connectivity index (χ1) is 8.40. The summed E-state index contributed by atoms with van der Waals surface area (Å²) in [4.78, 5) is 4.74. The van der Waals surface area contributed by atoms with Crippen molar-refractivity contribution in [1.82, 2.24) is 4.98 Å². The largest absolute Gasteiger partial charge is 0.361 e. The van der Waals surface area contributed by atoms with Gasteiger partial charge in [0.1, 0.15) is 0 Å². The number of fused-ring (bicyclic) bond motifs is 1. The number of thiophene rings is 1. The third-order valence-corrected chi connectivity index (χ3v) is 4.16. The van der Waals surface area contributed by atoms with E-state index in [9.17, 15) is 0 Å². The molecule has 3 rings (SSSR count). The van der Waals surface area contributed by atoms with Crippen molar-refractivity contribution in [2.45, 2.75) is 5.92 Å². The van der Waals surface area contributed by atoms with Crippen LogP contribution < -0.4 is 5.73 Å². The van der Waals surface area contributed by atoms with E-state index in [4.69, 9.17) is 0 Å². The third kappa shape index (κ3) is 1.77. The maximum absolute atomic E-state index is 4.10. The molecule has 0 unspecified atom stereocenters. The molecule has 3 heteroatoms. The molecular weight excluding hydrogens is 228 g/mol. The quantitative estimate of drug-likeness (QED) is 0.710. The van der Waals surface area contributed by atoms with E-state index >= 15 is 0 Å². The van der Waals surface area contributed by atoms with Crippen LogP contribution in [0.2, 0.25) is 0 Å². The molecule has 0 saturated carbocycles. The summed E-state index contributed by atoms with van der Waals surface area (Å²) in [6.07, 6.45) is 2.13. The molecule has 2 nitrogen and oxygen atoms in total. The Kier molecular flexibility index (Phi) is 2.71. The van der Waals surface area contributed by atoms with Crippen LogP contribution in [0.3, 0.4) is 0 Å². The summed E-state index contributed by atoms with van der Waals surface area (Å²) in [6, 6.07) is 12.8. The first-order valence-electron chi connectivity index (χ1n) is 5.79. The highest BCUT2D eigenvalue weighted by molar-refractivity contribution is 7.10. The molecule has 1 aromatic carbocycles. The van der Waals surface area contributed by atoms with Crippen molar-refractivity contribution >= 4 is 22.2 Å². The maximum atomic E-state index is 4.10. The van der Waals surface area contributed by atoms with Crippen molar-refractivity contribution in [3.63, 3.8) is 0 Å². The van der Waals surface area contributed by atoms with Gasteiger partial charge in [0.25, 0.3) is 0 Å². The summed E-state index contributed by atoms with van der Waals surface area (Å²) in [5.74, 6) is 0.408. The van der Waals surface area contributed by atoms with Crippen LogP contribution in [-0.4, -0.2) is 11.5 Å². The van der Waals surface area contributed by atoms with Gasteiger partial charge >= 0.3 is 0 Å². The lowest BCUT2D eigenvalue weighted by atomic mass is 9.97. The smallest absolute Gasteiger partial charge is 0.0859 e.